The normalized spacial score (nSPS) is 12.4. The van der Waals surface area contributed by atoms with Crippen molar-refractivity contribution in [2.75, 3.05) is 7.05 Å². The van der Waals surface area contributed by atoms with Crippen molar-refractivity contribution in [2.45, 2.75) is 26.4 Å². The minimum atomic E-state index is -0.471. The number of aliphatic hydroxyl groups excluding tert-OH is 1. The Labute approximate surface area is 145 Å². The lowest BCUT2D eigenvalue weighted by Crippen LogP contribution is -2.18. The number of carbonyl (C=O) groups excluding carboxylic acids is 1. The lowest BCUT2D eigenvalue weighted by atomic mass is 9.98. The predicted molar refractivity (Wildman–Crippen MR) is 95.1 cm³/mol. The summed E-state index contributed by atoms with van der Waals surface area (Å²) in [5.41, 5.74) is 3.57. The van der Waals surface area contributed by atoms with Crippen molar-refractivity contribution in [3.63, 3.8) is 0 Å². The van der Waals surface area contributed by atoms with Gasteiger partial charge < -0.3 is 14.8 Å². The van der Waals surface area contributed by atoms with E-state index in [9.17, 15) is 14.3 Å². The van der Waals surface area contributed by atoms with Gasteiger partial charge in [0.1, 0.15) is 17.2 Å². The topological polar surface area (TPSA) is 62.5 Å². The minimum Gasteiger partial charge on any atom is -0.455 e. The Morgan fingerprint density at radius 1 is 1.28 bits per heavy atom. The van der Waals surface area contributed by atoms with Crippen LogP contribution in [0.25, 0.3) is 22.3 Å². The molecule has 1 aromatic heterocycles. The first-order valence-corrected chi connectivity index (χ1v) is 8.12. The Morgan fingerprint density at radius 3 is 2.56 bits per heavy atom. The molecule has 2 N–H and O–H groups in total. The monoisotopic (exact) mass is 341 g/mol. The lowest BCUT2D eigenvalue weighted by Gasteiger charge is -2.08. The summed E-state index contributed by atoms with van der Waals surface area (Å²) in [6, 6.07) is 9.59. The maximum Gasteiger partial charge on any atom is 0.255 e. The summed E-state index contributed by atoms with van der Waals surface area (Å²) in [6.07, 6.45) is 0.0324. The van der Waals surface area contributed by atoms with Crippen molar-refractivity contribution in [1.29, 1.82) is 0 Å². The molecule has 0 spiro atoms. The van der Waals surface area contributed by atoms with Gasteiger partial charge in [-0.1, -0.05) is 0 Å². The largest absolute Gasteiger partial charge is 0.455 e. The summed E-state index contributed by atoms with van der Waals surface area (Å²) in [6.45, 7) is 3.67. The number of carbonyl (C=O) groups is 1. The number of amides is 1. The molecule has 0 bridgehead atoms. The van der Waals surface area contributed by atoms with Crippen LogP contribution in [0.1, 0.15) is 28.4 Å². The van der Waals surface area contributed by atoms with Crippen LogP contribution in [0.3, 0.4) is 0 Å². The van der Waals surface area contributed by atoms with E-state index in [2.05, 4.69) is 5.32 Å². The zero-order chi connectivity index (χ0) is 18.1. The molecule has 1 heterocycles. The van der Waals surface area contributed by atoms with Crippen LogP contribution in [0.4, 0.5) is 4.39 Å². The first-order chi connectivity index (χ1) is 11.9. The van der Waals surface area contributed by atoms with Gasteiger partial charge in [-0.15, -0.1) is 0 Å². The zero-order valence-corrected chi connectivity index (χ0v) is 14.4. The number of hydrogen-bond donors (Lipinski definition) is 2. The lowest BCUT2D eigenvalue weighted by molar-refractivity contribution is 0.0964. The highest BCUT2D eigenvalue weighted by Crippen LogP contribution is 2.35. The van der Waals surface area contributed by atoms with Gasteiger partial charge in [-0.05, 0) is 67.8 Å². The molecule has 0 saturated carbocycles. The Kier molecular flexibility index (Phi) is 4.59. The van der Waals surface area contributed by atoms with Gasteiger partial charge in [0, 0.05) is 18.0 Å². The Morgan fingerprint density at radius 2 is 1.96 bits per heavy atom. The van der Waals surface area contributed by atoms with E-state index in [0.29, 0.717) is 34.3 Å². The second-order valence-electron chi connectivity index (χ2n) is 6.22. The van der Waals surface area contributed by atoms with Crippen LogP contribution >= 0.6 is 0 Å². The van der Waals surface area contributed by atoms with Gasteiger partial charge in [-0.25, -0.2) is 4.39 Å². The summed E-state index contributed by atoms with van der Waals surface area (Å²) in [5.74, 6) is -0.208. The van der Waals surface area contributed by atoms with Crippen LogP contribution in [-0.4, -0.2) is 24.2 Å². The second kappa shape index (κ2) is 6.69. The number of aliphatic hydroxyl groups is 1. The van der Waals surface area contributed by atoms with E-state index in [1.165, 1.54) is 12.1 Å². The molecule has 0 aliphatic heterocycles. The molecule has 1 amide bonds. The van der Waals surface area contributed by atoms with Crippen molar-refractivity contribution in [2.24, 2.45) is 0 Å². The molecule has 3 aromatic rings. The van der Waals surface area contributed by atoms with Gasteiger partial charge in [0.15, 0.2) is 0 Å². The molecule has 0 saturated heterocycles. The summed E-state index contributed by atoms with van der Waals surface area (Å²) in [7, 11) is 1.56. The van der Waals surface area contributed by atoms with E-state index in [1.54, 1.807) is 26.1 Å². The van der Waals surface area contributed by atoms with Crippen LogP contribution in [-0.2, 0) is 6.42 Å². The maximum absolute atomic E-state index is 13.2. The number of nitrogens with one attached hydrogen (secondary N) is 1. The van der Waals surface area contributed by atoms with Crippen LogP contribution in [0, 0.1) is 12.7 Å². The molecule has 0 aliphatic rings. The number of halogens is 1. The third kappa shape index (κ3) is 3.28. The average Bonchev–Trinajstić information content (AvgIpc) is 2.93. The van der Waals surface area contributed by atoms with Gasteiger partial charge in [0.25, 0.3) is 5.91 Å². The summed E-state index contributed by atoms with van der Waals surface area (Å²) in [5, 5.41) is 13.0. The summed E-state index contributed by atoms with van der Waals surface area (Å²) < 4.78 is 19.2. The zero-order valence-electron chi connectivity index (χ0n) is 14.4. The van der Waals surface area contributed by atoms with Crippen molar-refractivity contribution >= 4 is 16.9 Å². The van der Waals surface area contributed by atoms with Gasteiger partial charge in [0.2, 0.25) is 0 Å². The number of hydrogen-bond acceptors (Lipinski definition) is 3. The average molecular weight is 341 g/mol. The number of rotatable bonds is 4. The number of aryl methyl sites for hydroxylation is 1. The standard InChI is InChI=1S/C20H20FNO3/c1-11-8-16-17(10-14(11)9-12(2)23)25-19(18(16)20(24)22-3)13-4-6-15(21)7-5-13/h4-8,10,12,23H,9H2,1-3H3,(H,22,24). The number of benzene rings is 2. The van der Waals surface area contributed by atoms with Gasteiger partial charge in [-0.2, -0.15) is 0 Å². The molecule has 1 atom stereocenters. The highest BCUT2D eigenvalue weighted by atomic mass is 19.1. The number of fused-ring (bicyclic) bond motifs is 1. The highest BCUT2D eigenvalue weighted by molar-refractivity contribution is 6.11. The highest BCUT2D eigenvalue weighted by Gasteiger charge is 2.22. The van der Waals surface area contributed by atoms with Crippen molar-refractivity contribution < 1.29 is 18.7 Å². The molecule has 0 radical (unpaired) electrons. The van der Waals surface area contributed by atoms with Gasteiger partial charge in [0.05, 0.1) is 11.7 Å². The van der Waals surface area contributed by atoms with E-state index in [0.717, 1.165) is 11.1 Å². The van der Waals surface area contributed by atoms with Crippen molar-refractivity contribution in [3.8, 4) is 11.3 Å². The predicted octanol–water partition coefficient (Wildman–Crippen LogP) is 3.83. The molecule has 130 valence electrons. The van der Waals surface area contributed by atoms with Crippen LogP contribution in [0.5, 0.6) is 0 Å². The Hall–Kier alpha value is -2.66. The molecular formula is C20H20FNO3. The van der Waals surface area contributed by atoms with E-state index in [-0.39, 0.29) is 11.7 Å². The molecule has 0 aliphatic carbocycles. The fraction of sp³-hybridized carbons (Fsp3) is 0.250. The van der Waals surface area contributed by atoms with Crippen molar-refractivity contribution in [3.05, 3.63) is 58.9 Å². The molecule has 0 fully saturated rings. The molecule has 5 heteroatoms. The van der Waals surface area contributed by atoms with Gasteiger partial charge in [-0.3, -0.25) is 4.79 Å². The number of furan rings is 1. The van der Waals surface area contributed by atoms with E-state index in [4.69, 9.17) is 4.42 Å². The summed E-state index contributed by atoms with van der Waals surface area (Å²) in [4.78, 5) is 12.4. The van der Waals surface area contributed by atoms with E-state index in [1.807, 2.05) is 19.1 Å². The van der Waals surface area contributed by atoms with Crippen LogP contribution in [0.2, 0.25) is 0 Å². The molecule has 3 rings (SSSR count). The fourth-order valence-corrected chi connectivity index (χ4v) is 2.99. The van der Waals surface area contributed by atoms with Crippen molar-refractivity contribution in [1.82, 2.24) is 5.32 Å². The first-order valence-electron chi connectivity index (χ1n) is 8.12. The molecule has 2 aromatic carbocycles. The Bertz CT molecular complexity index is 926. The molecule has 1 unspecified atom stereocenters. The third-order valence-electron chi connectivity index (χ3n) is 4.22. The first kappa shape index (κ1) is 17.2. The third-order valence-corrected chi connectivity index (χ3v) is 4.22. The van der Waals surface area contributed by atoms with Crippen LogP contribution in [0.15, 0.2) is 40.8 Å². The summed E-state index contributed by atoms with van der Waals surface area (Å²) >= 11 is 0. The Balaban J connectivity index is 2.25. The molecular weight excluding hydrogens is 321 g/mol. The van der Waals surface area contributed by atoms with E-state index >= 15 is 0 Å². The SMILES string of the molecule is CNC(=O)c1c(-c2ccc(F)cc2)oc2cc(CC(C)O)c(C)cc12. The molecule has 25 heavy (non-hydrogen) atoms. The fourth-order valence-electron chi connectivity index (χ4n) is 2.99. The smallest absolute Gasteiger partial charge is 0.255 e. The van der Waals surface area contributed by atoms with Crippen LogP contribution < -0.4 is 5.32 Å². The quantitative estimate of drug-likeness (QED) is 0.758. The minimum absolute atomic E-state index is 0.263. The van der Waals surface area contributed by atoms with E-state index < -0.39 is 6.10 Å². The molecule has 4 nitrogen and oxygen atoms in total. The second-order valence-corrected chi connectivity index (χ2v) is 6.22. The van der Waals surface area contributed by atoms with Gasteiger partial charge >= 0.3 is 0 Å². The maximum atomic E-state index is 13.2.